The summed E-state index contributed by atoms with van der Waals surface area (Å²) in [6.07, 6.45) is 0.557. The van der Waals surface area contributed by atoms with Crippen LogP contribution in [0.4, 0.5) is 4.39 Å². The Kier molecular flexibility index (Phi) is 12.2. The molecule has 4 atom stereocenters. The molecule has 0 fully saturated rings. The number of carbonyl (C=O) groups is 2. The van der Waals surface area contributed by atoms with Gasteiger partial charge in [0.05, 0.1) is 7.11 Å². The van der Waals surface area contributed by atoms with Crippen molar-refractivity contribution in [3.8, 4) is 17.2 Å². The van der Waals surface area contributed by atoms with Gasteiger partial charge >= 0.3 is 5.97 Å². The van der Waals surface area contributed by atoms with Crippen LogP contribution in [0.25, 0.3) is 0 Å². The number of hydrogen-bond donors (Lipinski definition) is 2. The number of aliphatic hydroxyl groups excluding tert-OH is 1. The summed E-state index contributed by atoms with van der Waals surface area (Å²) in [5.74, 6) is -1.25. The van der Waals surface area contributed by atoms with E-state index in [-0.39, 0.29) is 29.9 Å². The summed E-state index contributed by atoms with van der Waals surface area (Å²) in [5, 5.41) is 11.8. The van der Waals surface area contributed by atoms with Gasteiger partial charge in [0.1, 0.15) is 29.8 Å². The first-order chi connectivity index (χ1) is 18.1. The highest BCUT2D eigenvalue weighted by Crippen LogP contribution is 2.30. The van der Waals surface area contributed by atoms with E-state index >= 15 is 0 Å². The fourth-order valence-corrected chi connectivity index (χ4v) is 3.79. The maximum absolute atomic E-state index is 13.7. The van der Waals surface area contributed by atoms with E-state index in [0.717, 1.165) is 12.8 Å². The number of rotatable bonds is 15. The second-order valence-electron chi connectivity index (χ2n) is 8.67. The molecule has 38 heavy (non-hydrogen) atoms. The van der Waals surface area contributed by atoms with Crippen LogP contribution in [-0.4, -0.2) is 60.4 Å². The Morgan fingerprint density at radius 1 is 1.13 bits per heavy atom. The molecule has 1 amide bonds. The van der Waals surface area contributed by atoms with Gasteiger partial charge < -0.3 is 34.1 Å². The molecular weight excluding hydrogens is 499 g/mol. The Labute approximate surface area is 222 Å². The van der Waals surface area contributed by atoms with E-state index in [1.807, 2.05) is 13.8 Å². The lowest BCUT2D eigenvalue weighted by molar-refractivity contribution is -0.156. The molecule has 1 heterocycles. The number of halogens is 1. The number of benzene rings is 1. The molecule has 0 spiro atoms. The third-order valence-electron chi connectivity index (χ3n) is 5.86. The minimum Gasteiger partial charge on any atom is -0.493 e. The van der Waals surface area contributed by atoms with Gasteiger partial charge in [0.2, 0.25) is 0 Å². The molecule has 210 valence electrons. The Bertz CT molecular complexity index is 1050. The van der Waals surface area contributed by atoms with Crippen LogP contribution in [0.5, 0.6) is 17.2 Å². The molecule has 2 N–H and O–H groups in total. The van der Waals surface area contributed by atoms with Crippen LogP contribution in [0, 0.1) is 11.7 Å². The summed E-state index contributed by atoms with van der Waals surface area (Å²) in [5.41, 5.74) is -0.143. The Morgan fingerprint density at radius 2 is 1.84 bits per heavy atom. The van der Waals surface area contributed by atoms with Gasteiger partial charge in [0.15, 0.2) is 30.3 Å². The van der Waals surface area contributed by atoms with E-state index in [2.05, 4.69) is 10.3 Å². The van der Waals surface area contributed by atoms with E-state index in [1.54, 1.807) is 19.1 Å². The van der Waals surface area contributed by atoms with Gasteiger partial charge in [-0.05, 0) is 51.7 Å². The van der Waals surface area contributed by atoms with Crippen molar-refractivity contribution >= 4 is 11.9 Å². The molecule has 1 unspecified atom stereocenters. The van der Waals surface area contributed by atoms with Crippen molar-refractivity contribution in [2.75, 3.05) is 13.9 Å². The molecule has 0 aliphatic rings. The molecule has 0 aliphatic heterocycles. The van der Waals surface area contributed by atoms with Gasteiger partial charge in [-0.2, -0.15) is 0 Å². The topological polar surface area (TPSA) is 125 Å². The van der Waals surface area contributed by atoms with Crippen molar-refractivity contribution in [3.05, 3.63) is 48.0 Å². The van der Waals surface area contributed by atoms with E-state index < -0.39 is 42.2 Å². The number of hydrogen-bond acceptors (Lipinski definition) is 9. The maximum Gasteiger partial charge on any atom is 0.328 e. The average Bonchev–Trinajstić information content (AvgIpc) is 2.88. The van der Waals surface area contributed by atoms with Crippen LogP contribution in [0.1, 0.15) is 57.9 Å². The van der Waals surface area contributed by atoms with Gasteiger partial charge in [0.25, 0.3) is 5.91 Å². The highest BCUT2D eigenvalue weighted by Gasteiger charge is 2.32. The van der Waals surface area contributed by atoms with Crippen LogP contribution in [0.15, 0.2) is 36.5 Å². The van der Waals surface area contributed by atoms with E-state index in [4.69, 9.17) is 23.7 Å². The number of aliphatic hydroxyl groups is 1. The number of amides is 1. The summed E-state index contributed by atoms with van der Waals surface area (Å²) in [6.45, 7) is 8.22. The Hall–Kier alpha value is -3.44. The lowest BCUT2D eigenvalue weighted by atomic mass is 9.93. The number of carbonyl (C=O) groups excluding carboxylic acids is 2. The van der Waals surface area contributed by atoms with Crippen LogP contribution in [0.3, 0.4) is 0 Å². The van der Waals surface area contributed by atoms with E-state index in [9.17, 15) is 19.1 Å². The summed E-state index contributed by atoms with van der Waals surface area (Å²) < 4.78 is 41.1. The van der Waals surface area contributed by atoms with Gasteiger partial charge in [-0.3, -0.25) is 4.79 Å². The number of aromatic nitrogens is 1. The molecule has 0 aliphatic carbocycles. The SMILES string of the molecule is CCC(CC)[C@@H](Oc1cccc(F)c1)[C@H](C)OC(=O)[C@H](C)NC(=O)c1nccc(OC)c1OCOC(C)O. The number of nitrogens with zero attached hydrogens (tertiary/aromatic N) is 1. The number of methoxy groups -OCH3 is 1. The van der Waals surface area contributed by atoms with Gasteiger partial charge in [0, 0.05) is 18.3 Å². The highest BCUT2D eigenvalue weighted by molar-refractivity contribution is 5.98. The van der Waals surface area contributed by atoms with E-state index in [1.165, 1.54) is 45.4 Å². The quantitative estimate of drug-likeness (QED) is 0.258. The van der Waals surface area contributed by atoms with Crippen molar-refractivity contribution in [1.29, 1.82) is 0 Å². The lowest BCUT2D eigenvalue weighted by Crippen LogP contribution is -2.45. The highest BCUT2D eigenvalue weighted by atomic mass is 19.1. The minimum atomic E-state index is -1.08. The van der Waals surface area contributed by atoms with Crippen molar-refractivity contribution in [3.63, 3.8) is 0 Å². The van der Waals surface area contributed by atoms with Crippen LogP contribution >= 0.6 is 0 Å². The molecule has 11 heteroatoms. The second kappa shape index (κ2) is 15.1. The summed E-state index contributed by atoms with van der Waals surface area (Å²) in [6, 6.07) is 6.23. The Balaban J connectivity index is 2.12. The third kappa shape index (κ3) is 8.84. The maximum atomic E-state index is 13.7. The molecule has 10 nitrogen and oxygen atoms in total. The summed E-state index contributed by atoms with van der Waals surface area (Å²) >= 11 is 0. The molecule has 0 radical (unpaired) electrons. The zero-order valence-electron chi connectivity index (χ0n) is 22.6. The fraction of sp³-hybridized carbons (Fsp3) is 0.519. The molecule has 1 aromatic heterocycles. The predicted octanol–water partition coefficient (Wildman–Crippen LogP) is 3.85. The average molecular weight is 537 g/mol. The molecule has 0 saturated heterocycles. The smallest absolute Gasteiger partial charge is 0.328 e. The molecular formula is C27H37FN2O8. The number of nitrogens with one attached hydrogen (secondary N) is 1. The van der Waals surface area contributed by atoms with E-state index in [0.29, 0.717) is 5.75 Å². The van der Waals surface area contributed by atoms with Gasteiger partial charge in [-0.25, -0.2) is 14.2 Å². The number of pyridine rings is 1. The first-order valence-electron chi connectivity index (χ1n) is 12.5. The van der Waals surface area contributed by atoms with Crippen LogP contribution < -0.4 is 19.5 Å². The van der Waals surface area contributed by atoms with Crippen molar-refractivity contribution in [2.45, 2.75) is 72.0 Å². The second-order valence-corrected chi connectivity index (χ2v) is 8.67. The van der Waals surface area contributed by atoms with Crippen molar-refractivity contribution in [2.24, 2.45) is 5.92 Å². The van der Waals surface area contributed by atoms with Gasteiger partial charge in [-0.1, -0.05) is 19.9 Å². The zero-order chi connectivity index (χ0) is 28.2. The summed E-state index contributed by atoms with van der Waals surface area (Å²) in [7, 11) is 1.39. The standard InChI is InChI=1S/C27H37FN2O8/c1-7-19(8-2)24(38-21-11-9-10-20(28)14-21)17(4)37-27(33)16(3)30-26(32)23-25(36-15-35-18(5)31)22(34-6)12-13-29-23/h9-14,16-19,24,31H,7-8,15H2,1-6H3,(H,30,32)/t16-,17-,18?,24-/m0/s1. The number of ether oxygens (including phenoxy) is 5. The Morgan fingerprint density at radius 3 is 2.45 bits per heavy atom. The number of esters is 1. The fourth-order valence-electron chi connectivity index (χ4n) is 3.79. The molecule has 2 aromatic rings. The van der Waals surface area contributed by atoms with Crippen molar-refractivity contribution in [1.82, 2.24) is 10.3 Å². The van der Waals surface area contributed by atoms with Crippen LogP contribution in [-0.2, 0) is 14.3 Å². The first kappa shape index (κ1) is 30.8. The predicted molar refractivity (Wildman–Crippen MR) is 136 cm³/mol. The molecule has 2 rings (SSSR count). The first-order valence-corrected chi connectivity index (χ1v) is 12.5. The largest absolute Gasteiger partial charge is 0.493 e. The molecule has 1 aromatic carbocycles. The van der Waals surface area contributed by atoms with Gasteiger partial charge in [-0.15, -0.1) is 0 Å². The third-order valence-corrected chi connectivity index (χ3v) is 5.86. The van der Waals surface area contributed by atoms with Crippen molar-refractivity contribution < 1.29 is 42.8 Å². The summed E-state index contributed by atoms with van der Waals surface area (Å²) in [4.78, 5) is 29.9. The zero-order valence-corrected chi connectivity index (χ0v) is 22.6. The monoisotopic (exact) mass is 536 g/mol. The lowest BCUT2D eigenvalue weighted by Gasteiger charge is -2.31. The normalized spacial score (nSPS) is 14.2. The molecule has 0 saturated carbocycles. The minimum absolute atomic E-state index is 0.0145. The molecule has 0 bridgehead atoms. The van der Waals surface area contributed by atoms with Crippen LogP contribution in [0.2, 0.25) is 0 Å².